The molecule has 0 bridgehead atoms. The zero-order valence-electron chi connectivity index (χ0n) is 7.97. The van der Waals surface area contributed by atoms with Gasteiger partial charge in [0.1, 0.15) is 0 Å². The highest BCUT2D eigenvalue weighted by Crippen LogP contribution is 2.11. The van der Waals surface area contributed by atoms with Gasteiger partial charge in [-0.25, -0.2) is 8.42 Å². The van der Waals surface area contributed by atoms with Crippen LogP contribution < -0.4 is 0 Å². The van der Waals surface area contributed by atoms with Crippen LogP contribution >= 0.6 is 0 Å². The van der Waals surface area contributed by atoms with Crippen LogP contribution in [0, 0.1) is 0 Å². The van der Waals surface area contributed by atoms with Gasteiger partial charge in [0.05, 0.1) is 6.26 Å². The van der Waals surface area contributed by atoms with Crippen LogP contribution in [-0.4, -0.2) is 27.8 Å². The average molecular weight is 220 g/mol. The molecule has 80 valence electrons. The lowest BCUT2D eigenvalue weighted by atomic mass is 10.7. The van der Waals surface area contributed by atoms with Crippen molar-refractivity contribution in [3.63, 3.8) is 0 Å². The van der Waals surface area contributed by atoms with Gasteiger partial charge in [-0.05, 0) is 19.1 Å². The maximum Gasteiger partial charge on any atom is 0.235 e. The number of furan rings is 1. The fraction of sp³-hybridized carbons (Fsp3) is 0.500. The van der Waals surface area contributed by atoms with E-state index >= 15 is 0 Å². The second kappa shape index (κ2) is 4.59. The van der Waals surface area contributed by atoms with E-state index in [0.717, 1.165) is 0 Å². The Morgan fingerprint density at radius 3 is 2.79 bits per heavy atom. The van der Waals surface area contributed by atoms with Gasteiger partial charge in [-0.2, -0.15) is 0 Å². The quantitative estimate of drug-likeness (QED) is 0.693. The molecule has 0 saturated heterocycles. The first kappa shape index (κ1) is 11.2. The normalized spacial score (nSPS) is 14.1. The van der Waals surface area contributed by atoms with Crippen molar-refractivity contribution in [3.8, 4) is 0 Å². The summed E-state index contributed by atoms with van der Waals surface area (Å²) in [5, 5.41) is -0.0965. The minimum atomic E-state index is -3.49. The Morgan fingerprint density at radius 1 is 1.57 bits per heavy atom. The molecule has 1 aromatic heterocycles. The fourth-order valence-corrected chi connectivity index (χ4v) is 1.73. The predicted molar refractivity (Wildman–Crippen MR) is 48.3 cm³/mol. The highest BCUT2D eigenvalue weighted by Gasteiger charge is 2.18. The molecule has 0 saturated carbocycles. The maximum atomic E-state index is 11.4. The van der Waals surface area contributed by atoms with Crippen molar-refractivity contribution in [1.82, 2.24) is 0 Å². The van der Waals surface area contributed by atoms with E-state index in [-0.39, 0.29) is 5.09 Å². The Hall–Kier alpha value is -0.850. The number of hydrogen-bond acceptors (Lipinski definition) is 5. The largest absolute Gasteiger partial charge is 0.453 e. The molecule has 1 rings (SSSR count). The Kier molecular flexibility index (Phi) is 3.68. The highest BCUT2D eigenvalue weighted by atomic mass is 32.2. The standard InChI is InChI=1S/C8H12O5S/c1-7(11-2)13-6-14(9,10)8-4-3-5-12-8/h3-5,7H,6H2,1-2H3. The van der Waals surface area contributed by atoms with Crippen LogP contribution in [0.1, 0.15) is 6.92 Å². The molecule has 0 N–H and O–H groups in total. The lowest BCUT2D eigenvalue weighted by Gasteiger charge is -2.09. The first-order chi connectivity index (χ1) is 6.56. The summed E-state index contributed by atoms with van der Waals surface area (Å²) in [6, 6.07) is 2.88. The highest BCUT2D eigenvalue weighted by molar-refractivity contribution is 7.91. The van der Waals surface area contributed by atoms with Gasteiger partial charge in [0, 0.05) is 7.11 Å². The first-order valence-electron chi connectivity index (χ1n) is 3.97. The van der Waals surface area contributed by atoms with Gasteiger partial charge < -0.3 is 13.9 Å². The molecule has 14 heavy (non-hydrogen) atoms. The van der Waals surface area contributed by atoms with Crippen LogP contribution in [0.5, 0.6) is 0 Å². The second-order valence-corrected chi connectivity index (χ2v) is 4.50. The SMILES string of the molecule is COC(C)OCS(=O)(=O)c1ccco1. The molecule has 0 aliphatic rings. The summed E-state index contributed by atoms with van der Waals surface area (Å²) in [6.07, 6.45) is 0.742. The second-order valence-electron chi connectivity index (χ2n) is 2.63. The average Bonchev–Trinajstić information content (AvgIpc) is 2.67. The summed E-state index contributed by atoms with van der Waals surface area (Å²) in [6.45, 7) is 1.61. The van der Waals surface area contributed by atoms with E-state index in [4.69, 9.17) is 13.9 Å². The van der Waals surface area contributed by atoms with Gasteiger partial charge in [-0.1, -0.05) is 0 Å². The van der Waals surface area contributed by atoms with Gasteiger partial charge in [0.15, 0.2) is 12.2 Å². The van der Waals surface area contributed by atoms with E-state index in [0.29, 0.717) is 0 Å². The first-order valence-corrected chi connectivity index (χ1v) is 5.62. The van der Waals surface area contributed by atoms with Gasteiger partial charge in [-0.15, -0.1) is 0 Å². The Labute approximate surface area is 82.5 Å². The molecule has 0 spiro atoms. The van der Waals surface area contributed by atoms with Crippen molar-refractivity contribution in [2.45, 2.75) is 18.3 Å². The van der Waals surface area contributed by atoms with Crippen molar-refractivity contribution in [1.29, 1.82) is 0 Å². The zero-order valence-corrected chi connectivity index (χ0v) is 8.78. The summed E-state index contributed by atoms with van der Waals surface area (Å²) < 4.78 is 37.3. The van der Waals surface area contributed by atoms with Crippen LogP contribution in [-0.2, 0) is 19.3 Å². The van der Waals surface area contributed by atoms with Crippen LogP contribution in [0.4, 0.5) is 0 Å². The molecule has 0 radical (unpaired) electrons. The van der Waals surface area contributed by atoms with E-state index in [1.807, 2.05) is 0 Å². The minimum absolute atomic E-state index is 0.0965. The van der Waals surface area contributed by atoms with Gasteiger partial charge in [-0.3, -0.25) is 0 Å². The smallest absolute Gasteiger partial charge is 0.235 e. The third-order valence-electron chi connectivity index (χ3n) is 1.59. The van der Waals surface area contributed by atoms with E-state index in [1.54, 1.807) is 6.92 Å². The summed E-state index contributed by atoms with van der Waals surface area (Å²) >= 11 is 0. The summed E-state index contributed by atoms with van der Waals surface area (Å²) in [5.41, 5.74) is 0. The Balaban J connectivity index is 2.60. The van der Waals surface area contributed by atoms with E-state index < -0.39 is 22.1 Å². The van der Waals surface area contributed by atoms with Crippen molar-refractivity contribution in [3.05, 3.63) is 18.4 Å². The van der Waals surface area contributed by atoms with Crippen molar-refractivity contribution >= 4 is 9.84 Å². The van der Waals surface area contributed by atoms with Crippen LogP contribution in [0.15, 0.2) is 27.9 Å². The number of rotatable bonds is 5. The van der Waals surface area contributed by atoms with Crippen molar-refractivity contribution in [2.24, 2.45) is 0 Å². The molecule has 5 nitrogen and oxygen atoms in total. The lowest BCUT2D eigenvalue weighted by Crippen LogP contribution is -2.17. The van der Waals surface area contributed by atoms with Crippen molar-refractivity contribution < 1.29 is 22.3 Å². The monoisotopic (exact) mass is 220 g/mol. The minimum Gasteiger partial charge on any atom is -0.453 e. The van der Waals surface area contributed by atoms with Gasteiger partial charge >= 0.3 is 0 Å². The number of ether oxygens (including phenoxy) is 2. The van der Waals surface area contributed by atoms with Crippen molar-refractivity contribution in [2.75, 3.05) is 13.0 Å². The topological polar surface area (TPSA) is 65.7 Å². The molecule has 1 aromatic rings. The van der Waals surface area contributed by atoms with Crippen LogP contribution in [0.2, 0.25) is 0 Å². The number of hydrogen-bond donors (Lipinski definition) is 0. The molecule has 1 heterocycles. The summed E-state index contributed by atoms with van der Waals surface area (Å²) in [7, 11) is -2.06. The molecule has 0 aliphatic heterocycles. The molecule has 0 aliphatic carbocycles. The molecule has 0 fully saturated rings. The predicted octanol–water partition coefficient (Wildman–Crippen LogP) is 1.02. The Morgan fingerprint density at radius 2 is 2.29 bits per heavy atom. The van der Waals surface area contributed by atoms with Gasteiger partial charge in [0.25, 0.3) is 0 Å². The Bertz CT molecular complexity index is 353. The van der Waals surface area contributed by atoms with Crippen LogP contribution in [0.25, 0.3) is 0 Å². The maximum absolute atomic E-state index is 11.4. The molecular formula is C8H12O5S. The van der Waals surface area contributed by atoms with E-state index in [2.05, 4.69) is 0 Å². The van der Waals surface area contributed by atoms with E-state index in [1.165, 1.54) is 25.5 Å². The molecule has 6 heteroatoms. The van der Waals surface area contributed by atoms with E-state index in [9.17, 15) is 8.42 Å². The molecule has 1 atom stereocenters. The third-order valence-corrected chi connectivity index (χ3v) is 2.88. The molecule has 0 amide bonds. The molecular weight excluding hydrogens is 208 g/mol. The molecule has 1 unspecified atom stereocenters. The third kappa shape index (κ3) is 2.83. The lowest BCUT2D eigenvalue weighted by molar-refractivity contribution is -0.0954. The fourth-order valence-electron chi connectivity index (χ4n) is 0.752. The van der Waals surface area contributed by atoms with Crippen LogP contribution in [0.3, 0.4) is 0 Å². The summed E-state index contributed by atoms with van der Waals surface area (Å²) in [5.74, 6) is -0.449. The molecule has 0 aromatic carbocycles. The number of methoxy groups -OCH3 is 1. The number of sulfone groups is 1. The summed E-state index contributed by atoms with van der Waals surface area (Å²) in [4.78, 5) is 0. The van der Waals surface area contributed by atoms with Gasteiger partial charge in [0.2, 0.25) is 14.9 Å². The zero-order chi connectivity index (χ0) is 10.6.